The van der Waals surface area contributed by atoms with E-state index in [4.69, 9.17) is 4.52 Å². The fourth-order valence-electron chi connectivity index (χ4n) is 3.71. The van der Waals surface area contributed by atoms with Gasteiger partial charge in [0, 0.05) is 25.0 Å². The van der Waals surface area contributed by atoms with Gasteiger partial charge in [-0.3, -0.25) is 9.59 Å². The van der Waals surface area contributed by atoms with Crippen LogP contribution < -0.4 is 5.32 Å². The molecule has 1 aliphatic rings. The van der Waals surface area contributed by atoms with E-state index in [0.717, 1.165) is 29.6 Å². The number of amides is 2. The molecular formula is C22H24N4O3. The van der Waals surface area contributed by atoms with Gasteiger partial charge in [-0.25, -0.2) is 4.98 Å². The minimum Gasteiger partial charge on any atom is -0.338 e. The average Bonchev–Trinajstić information content (AvgIpc) is 3.17. The number of hydrogen-bond acceptors (Lipinski definition) is 5. The Bertz CT molecular complexity index is 1030. The van der Waals surface area contributed by atoms with Crippen molar-refractivity contribution in [1.82, 2.24) is 15.0 Å². The summed E-state index contributed by atoms with van der Waals surface area (Å²) in [4.78, 5) is 31.7. The van der Waals surface area contributed by atoms with E-state index >= 15 is 0 Å². The molecule has 4 rings (SSSR count). The van der Waals surface area contributed by atoms with E-state index in [1.54, 1.807) is 11.0 Å². The van der Waals surface area contributed by atoms with Gasteiger partial charge >= 0.3 is 0 Å². The number of likely N-dealkylation sites (tertiary alicyclic amines) is 1. The van der Waals surface area contributed by atoms with E-state index in [1.165, 1.54) is 6.20 Å². The van der Waals surface area contributed by atoms with Crippen LogP contribution in [-0.4, -0.2) is 39.9 Å². The number of anilines is 1. The second-order valence-corrected chi connectivity index (χ2v) is 7.74. The Morgan fingerprint density at radius 1 is 1.24 bits per heavy atom. The van der Waals surface area contributed by atoms with Crippen molar-refractivity contribution in [3.8, 4) is 0 Å². The molecule has 7 nitrogen and oxygen atoms in total. The highest BCUT2D eigenvalue weighted by molar-refractivity contribution is 5.98. The molecule has 2 amide bonds. The van der Waals surface area contributed by atoms with E-state index in [1.807, 2.05) is 44.2 Å². The van der Waals surface area contributed by atoms with Crippen LogP contribution in [0, 0.1) is 5.92 Å². The lowest BCUT2D eigenvalue weighted by Crippen LogP contribution is -2.43. The molecule has 1 saturated heterocycles. The molecule has 3 heterocycles. The maximum absolute atomic E-state index is 13.1. The van der Waals surface area contributed by atoms with Crippen LogP contribution in [0.2, 0.25) is 0 Å². The third-order valence-corrected chi connectivity index (χ3v) is 5.27. The molecule has 1 N–H and O–H groups in total. The number of fused-ring (bicyclic) bond motifs is 1. The monoisotopic (exact) mass is 392 g/mol. The molecule has 29 heavy (non-hydrogen) atoms. The van der Waals surface area contributed by atoms with Crippen LogP contribution in [0.1, 0.15) is 48.7 Å². The number of nitrogens with zero attached hydrogens (tertiary/aromatic N) is 3. The summed E-state index contributed by atoms with van der Waals surface area (Å²) in [6, 6.07) is 11.2. The second-order valence-electron chi connectivity index (χ2n) is 7.74. The van der Waals surface area contributed by atoms with E-state index in [0.29, 0.717) is 24.4 Å². The summed E-state index contributed by atoms with van der Waals surface area (Å²) in [6.45, 7) is 5.07. The van der Waals surface area contributed by atoms with Gasteiger partial charge in [-0.05, 0) is 37.0 Å². The molecule has 2 aromatic heterocycles. The van der Waals surface area contributed by atoms with Crippen molar-refractivity contribution in [2.24, 2.45) is 5.92 Å². The normalized spacial score (nSPS) is 16.9. The second kappa shape index (κ2) is 8.03. The fourth-order valence-corrected chi connectivity index (χ4v) is 3.71. The Balaban J connectivity index is 1.49. The number of carbonyl (C=O) groups excluding carboxylic acids is 2. The van der Waals surface area contributed by atoms with Crippen molar-refractivity contribution in [3.63, 3.8) is 0 Å². The van der Waals surface area contributed by atoms with Gasteiger partial charge < -0.3 is 14.7 Å². The molecule has 1 aromatic carbocycles. The summed E-state index contributed by atoms with van der Waals surface area (Å²) in [6.07, 6.45) is 3.08. The van der Waals surface area contributed by atoms with Crippen molar-refractivity contribution in [1.29, 1.82) is 0 Å². The van der Waals surface area contributed by atoms with Crippen LogP contribution in [0.25, 0.3) is 11.1 Å². The van der Waals surface area contributed by atoms with Crippen molar-refractivity contribution < 1.29 is 14.1 Å². The molecule has 1 atom stereocenters. The van der Waals surface area contributed by atoms with Crippen molar-refractivity contribution in [3.05, 3.63) is 53.9 Å². The average molecular weight is 392 g/mol. The van der Waals surface area contributed by atoms with Gasteiger partial charge in [0.15, 0.2) is 0 Å². The highest BCUT2D eigenvalue weighted by Crippen LogP contribution is 2.26. The molecule has 1 fully saturated rings. The zero-order valence-corrected chi connectivity index (χ0v) is 16.6. The predicted molar refractivity (Wildman–Crippen MR) is 110 cm³/mol. The summed E-state index contributed by atoms with van der Waals surface area (Å²) in [5.74, 6) is -0.230. The Labute approximate surface area is 169 Å². The largest absolute Gasteiger partial charge is 0.338 e. The van der Waals surface area contributed by atoms with Crippen LogP contribution in [0.15, 0.2) is 47.1 Å². The van der Waals surface area contributed by atoms with Gasteiger partial charge in [-0.15, -0.1) is 0 Å². The van der Waals surface area contributed by atoms with Gasteiger partial charge in [-0.2, -0.15) is 0 Å². The minimum atomic E-state index is -0.230. The van der Waals surface area contributed by atoms with Crippen LogP contribution >= 0.6 is 0 Å². The maximum Gasteiger partial charge on any atom is 0.257 e. The molecule has 0 saturated carbocycles. The third kappa shape index (κ3) is 3.99. The molecule has 1 aliphatic heterocycles. The highest BCUT2D eigenvalue weighted by Gasteiger charge is 2.29. The first-order valence-corrected chi connectivity index (χ1v) is 9.93. The number of hydrogen-bond donors (Lipinski definition) is 1. The van der Waals surface area contributed by atoms with E-state index < -0.39 is 0 Å². The van der Waals surface area contributed by atoms with E-state index in [-0.39, 0.29) is 23.7 Å². The third-order valence-electron chi connectivity index (χ3n) is 5.27. The molecule has 150 valence electrons. The quantitative estimate of drug-likeness (QED) is 0.729. The molecule has 0 spiro atoms. The number of piperidine rings is 1. The van der Waals surface area contributed by atoms with Crippen molar-refractivity contribution in [2.75, 3.05) is 18.4 Å². The van der Waals surface area contributed by atoms with E-state index in [9.17, 15) is 9.59 Å². The summed E-state index contributed by atoms with van der Waals surface area (Å²) in [5.41, 5.74) is 2.49. The molecular weight excluding hydrogens is 368 g/mol. The highest BCUT2D eigenvalue weighted by atomic mass is 16.5. The number of nitrogens with one attached hydrogen (secondary N) is 1. The first-order valence-electron chi connectivity index (χ1n) is 9.93. The first kappa shape index (κ1) is 19.1. The zero-order valence-electron chi connectivity index (χ0n) is 16.6. The summed E-state index contributed by atoms with van der Waals surface area (Å²) < 4.78 is 5.26. The molecule has 7 heteroatoms. The first-order chi connectivity index (χ1) is 14.0. The van der Waals surface area contributed by atoms with Crippen molar-refractivity contribution >= 4 is 28.6 Å². The number of benzene rings is 1. The fraction of sp³-hybridized carbons (Fsp3) is 0.364. The Hall–Kier alpha value is -3.22. The Morgan fingerprint density at radius 2 is 2.03 bits per heavy atom. The maximum atomic E-state index is 13.1. The number of para-hydroxylation sites is 1. The van der Waals surface area contributed by atoms with Crippen LogP contribution in [0.4, 0.5) is 5.69 Å². The lowest BCUT2D eigenvalue weighted by Gasteiger charge is -2.32. The molecule has 0 unspecified atom stereocenters. The Kier molecular flexibility index (Phi) is 5.29. The standard InChI is InChI=1S/C22H24N4O3/c1-14(2)19-18-11-16(12-23-21(18)29-25-19)22(28)26-10-6-7-15(13-26)20(27)24-17-8-4-3-5-9-17/h3-5,8-9,11-12,14-15H,6-7,10,13H2,1-2H3,(H,24,27)/t15-/m0/s1. The lowest BCUT2D eigenvalue weighted by atomic mass is 9.96. The van der Waals surface area contributed by atoms with Gasteiger partial charge in [0.2, 0.25) is 5.91 Å². The van der Waals surface area contributed by atoms with Gasteiger partial charge in [-0.1, -0.05) is 37.2 Å². The van der Waals surface area contributed by atoms with Gasteiger partial charge in [0.25, 0.3) is 11.6 Å². The van der Waals surface area contributed by atoms with Gasteiger partial charge in [0.05, 0.1) is 22.6 Å². The predicted octanol–water partition coefficient (Wildman–Crippen LogP) is 3.84. The summed E-state index contributed by atoms with van der Waals surface area (Å²) in [7, 11) is 0. The number of carbonyl (C=O) groups is 2. The lowest BCUT2D eigenvalue weighted by molar-refractivity contribution is -0.121. The van der Waals surface area contributed by atoms with Gasteiger partial charge in [0.1, 0.15) is 0 Å². The number of rotatable bonds is 4. The molecule has 0 aliphatic carbocycles. The SMILES string of the molecule is CC(C)c1noc2ncc(C(=O)N3CCC[C@H](C(=O)Nc4ccccc4)C3)cc12. The smallest absolute Gasteiger partial charge is 0.257 e. The number of pyridine rings is 1. The Morgan fingerprint density at radius 3 is 2.79 bits per heavy atom. The number of aromatic nitrogens is 2. The zero-order chi connectivity index (χ0) is 20.4. The summed E-state index contributed by atoms with van der Waals surface area (Å²) >= 11 is 0. The molecule has 0 bridgehead atoms. The topological polar surface area (TPSA) is 88.3 Å². The van der Waals surface area contributed by atoms with Crippen LogP contribution in [0.5, 0.6) is 0 Å². The molecule has 3 aromatic rings. The molecule has 0 radical (unpaired) electrons. The van der Waals surface area contributed by atoms with Crippen LogP contribution in [0.3, 0.4) is 0 Å². The van der Waals surface area contributed by atoms with E-state index in [2.05, 4.69) is 15.5 Å². The van der Waals surface area contributed by atoms with Crippen molar-refractivity contribution in [2.45, 2.75) is 32.6 Å². The van der Waals surface area contributed by atoms with Crippen LogP contribution in [-0.2, 0) is 4.79 Å². The summed E-state index contributed by atoms with van der Waals surface area (Å²) in [5, 5.41) is 7.77. The minimum absolute atomic E-state index is 0.0524.